The molecule has 1 heterocycles. The molecule has 1 aliphatic rings. The van der Waals surface area contributed by atoms with E-state index in [-0.39, 0.29) is 5.78 Å². The summed E-state index contributed by atoms with van der Waals surface area (Å²) in [5, 5.41) is 4.93. The summed E-state index contributed by atoms with van der Waals surface area (Å²) < 4.78 is 1.95. The molecule has 1 aliphatic carbocycles. The van der Waals surface area contributed by atoms with E-state index in [1.165, 1.54) is 12.8 Å². The Balaban J connectivity index is 1.92. The third kappa shape index (κ3) is 2.16. The SMILES string of the molecule is Cn1cc(C(=O)CNC2CC2)c2ccc(Cl)cc21. The van der Waals surface area contributed by atoms with Gasteiger partial charge in [-0.05, 0) is 25.0 Å². The molecule has 1 fully saturated rings. The van der Waals surface area contributed by atoms with Gasteiger partial charge in [-0.1, -0.05) is 17.7 Å². The van der Waals surface area contributed by atoms with E-state index in [0.717, 1.165) is 16.5 Å². The first-order valence-corrected chi connectivity index (χ1v) is 6.54. The van der Waals surface area contributed by atoms with Crippen LogP contribution in [0.5, 0.6) is 0 Å². The Morgan fingerprint density at radius 1 is 1.50 bits per heavy atom. The zero-order valence-corrected chi connectivity index (χ0v) is 11.0. The first kappa shape index (κ1) is 11.8. The quantitative estimate of drug-likeness (QED) is 0.860. The van der Waals surface area contributed by atoms with Gasteiger partial charge in [0.05, 0.1) is 6.54 Å². The van der Waals surface area contributed by atoms with Gasteiger partial charge in [0.2, 0.25) is 0 Å². The molecule has 0 bridgehead atoms. The van der Waals surface area contributed by atoms with Crippen LogP contribution in [-0.2, 0) is 7.05 Å². The van der Waals surface area contributed by atoms with Crippen LogP contribution in [0.15, 0.2) is 24.4 Å². The number of aromatic nitrogens is 1. The molecule has 1 aromatic heterocycles. The highest BCUT2D eigenvalue weighted by molar-refractivity contribution is 6.31. The number of fused-ring (bicyclic) bond motifs is 1. The van der Waals surface area contributed by atoms with E-state index < -0.39 is 0 Å². The molecule has 0 unspecified atom stereocenters. The summed E-state index contributed by atoms with van der Waals surface area (Å²) in [7, 11) is 1.93. The summed E-state index contributed by atoms with van der Waals surface area (Å²) in [5.74, 6) is 0.148. The van der Waals surface area contributed by atoms with Crippen LogP contribution in [0.25, 0.3) is 10.9 Å². The molecule has 0 aliphatic heterocycles. The topological polar surface area (TPSA) is 34.0 Å². The molecule has 0 radical (unpaired) electrons. The summed E-state index contributed by atoms with van der Waals surface area (Å²) in [4.78, 5) is 12.2. The first-order chi connectivity index (χ1) is 8.65. The molecule has 0 spiro atoms. The average Bonchev–Trinajstić information content (AvgIpc) is 3.12. The van der Waals surface area contributed by atoms with E-state index >= 15 is 0 Å². The number of carbonyl (C=O) groups excluding carboxylic acids is 1. The third-order valence-electron chi connectivity index (χ3n) is 3.38. The molecule has 1 aromatic carbocycles. The fraction of sp³-hybridized carbons (Fsp3) is 0.357. The van der Waals surface area contributed by atoms with Crippen LogP contribution < -0.4 is 5.32 Å². The van der Waals surface area contributed by atoms with E-state index in [0.29, 0.717) is 17.6 Å². The van der Waals surface area contributed by atoms with Gasteiger partial charge in [0.1, 0.15) is 0 Å². The monoisotopic (exact) mass is 262 g/mol. The predicted molar refractivity (Wildman–Crippen MR) is 73.3 cm³/mol. The van der Waals surface area contributed by atoms with Crippen molar-refractivity contribution in [2.45, 2.75) is 18.9 Å². The van der Waals surface area contributed by atoms with E-state index in [2.05, 4.69) is 5.32 Å². The second-order valence-corrected chi connectivity index (χ2v) is 5.33. The zero-order chi connectivity index (χ0) is 12.7. The van der Waals surface area contributed by atoms with Gasteiger partial charge in [-0.2, -0.15) is 0 Å². The van der Waals surface area contributed by atoms with Crippen molar-refractivity contribution in [3.8, 4) is 0 Å². The lowest BCUT2D eigenvalue weighted by Crippen LogP contribution is -2.24. The summed E-state index contributed by atoms with van der Waals surface area (Å²) in [5.41, 5.74) is 1.77. The number of halogens is 1. The third-order valence-corrected chi connectivity index (χ3v) is 3.62. The second kappa shape index (κ2) is 4.41. The zero-order valence-electron chi connectivity index (χ0n) is 10.2. The Kier molecular flexibility index (Phi) is 2.88. The van der Waals surface area contributed by atoms with Crippen molar-refractivity contribution in [3.63, 3.8) is 0 Å². The van der Waals surface area contributed by atoms with E-state index in [1.54, 1.807) is 0 Å². The smallest absolute Gasteiger partial charge is 0.178 e. The lowest BCUT2D eigenvalue weighted by atomic mass is 10.1. The summed E-state index contributed by atoms with van der Waals surface area (Å²) in [6, 6.07) is 6.19. The number of benzene rings is 1. The minimum atomic E-state index is 0.148. The number of carbonyl (C=O) groups is 1. The Bertz CT molecular complexity index is 614. The molecule has 3 nitrogen and oxygen atoms in total. The Morgan fingerprint density at radius 2 is 2.28 bits per heavy atom. The van der Waals surface area contributed by atoms with Crippen molar-refractivity contribution in [3.05, 3.63) is 35.0 Å². The van der Waals surface area contributed by atoms with Gasteiger partial charge in [0.15, 0.2) is 5.78 Å². The van der Waals surface area contributed by atoms with Crippen molar-refractivity contribution in [1.82, 2.24) is 9.88 Å². The van der Waals surface area contributed by atoms with Gasteiger partial charge >= 0.3 is 0 Å². The number of hydrogen-bond acceptors (Lipinski definition) is 2. The molecule has 3 rings (SSSR count). The highest BCUT2D eigenvalue weighted by Crippen LogP contribution is 2.25. The molecule has 0 amide bonds. The fourth-order valence-corrected chi connectivity index (χ4v) is 2.37. The largest absolute Gasteiger partial charge is 0.350 e. The molecule has 94 valence electrons. The first-order valence-electron chi connectivity index (χ1n) is 6.16. The minimum absolute atomic E-state index is 0.148. The van der Waals surface area contributed by atoms with Crippen molar-refractivity contribution >= 4 is 28.3 Å². The normalized spacial score (nSPS) is 15.2. The maximum absolute atomic E-state index is 12.2. The number of Topliss-reactive ketones (excluding diaryl/α,β-unsaturated/α-hetero) is 1. The van der Waals surface area contributed by atoms with Gasteiger partial charge in [-0.3, -0.25) is 4.79 Å². The molecule has 18 heavy (non-hydrogen) atoms. The van der Waals surface area contributed by atoms with Crippen LogP contribution in [0, 0.1) is 0 Å². The standard InChI is InChI=1S/C14H15ClN2O/c1-17-8-12(14(18)7-16-10-3-4-10)11-5-2-9(15)6-13(11)17/h2,5-6,8,10,16H,3-4,7H2,1H3. The van der Waals surface area contributed by atoms with Crippen LogP contribution in [0.3, 0.4) is 0 Å². The van der Waals surface area contributed by atoms with Gasteiger partial charge in [0.25, 0.3) is 0 Å². The minimum Gasteiger partial charge on any atom is -0.350 e. The van der Waals surface area contributed by atoms with Crippen LogP contribution in [0.4, 0.5) is 0 Å². The molecule has 0 atom stereocenters. The summed E-state index contributed by atoms with van der Waals surface area (Å²) >= 11 is 5.98. The Morgan fingerprint density at radius 3 is 3.00 bits per heavy atom. The molecule has 4 heteroatoms. The number of nitrogens with one attached hydrogen (secondary N) is 1. The second-order valence-electron chi connectivity index (χ2n) is 4.89. The highest BCUT2D eigenvalue weighted by atomic mass is 35.5. The number of aryl methyl sites for hydroxylation is 1. The Labute approximate surface area is 111 Å². The molecular formula is C14H15ClN2O. The molecule has 1 N–H and O–H groups in total. The average molecular weight is 263 g/mol. The number of rotatable bonds is 4. The highest BCUT2D eigenvalue weighted by Gasteiger charge is 2.22. The molecule has 2 aromatic rings. The Hall–Kier alpha value is -1.32. The summed E-state index contributed by atoms with van der Waals surface area (Å²) in [6.07, 6.45) is 4.27. The molecule has 0 saturated heterocycles. The van der Waals surface area contributed by atoms with Crippen molar-refractivity contribution in [2.75, 3.05) is 6.54 Å². The van der Waals surface area contributed by atoms with E-state index in [9.17, 15) is 4.79 Å². The van der Waals surface area contributed by atoms with Crippen molar-refractivity contribution in [1.29, 1.82) is 0 Å². The molecule has 1 saturated carbocycles. The van der Waals surface area contributed by atoms with Gasteiger partial charge < -0.3 is 9.88 Å². The van der Waals surface area contributed by atoms with Gasteiger partial charge in [-0.25, -0.2) is 0 Å². The van der Waals surface area contributed by atoms with Crippen molar-refractivity contribution < 1.29 is 4.79 Å². The molecular weight excluding hydrogens is 248 g/mol. The number of hydrogen-bond donors (Lipinski definition) is 1. The number of nitrogens with zero attached hydrogens (tertiary/aromatic N) is 1. The van der Waals surface area contributed by atoms with Crippen molar-refractivity contribution in [2.24, 2.45) is 7.05 Å². The lowest BCUT2D eigenvalue weighted by molar-refractivity contribution is 0.0992. The maximum Gasteiger partial charge on any atom is 0.178 e. The fourth-order valence-electron chi connectivity index (χ4n) is 2.20. The summed E-state index contributed by atoms with van der Waals surface area (Å²) in [6.45, 7) is 0.423. The lowest BCUT2D eigenvalue weighted by Gasteiger charge is -2.01. The van der Waals surface area contributed by atoms with Gasteiger partial charge in [0, 0.05) is 40.8 Å². The van der Waals surface area contributed by atoms with Gasteiger partial charge in [-0.15, -0.1) is 0 Å². The van der Waals surface area contributed by atoms with Crippen LogP contribution >= 0.6 is 11.6 Å². The van der Waals surface area contributed by atoms with E-state index in [4.69, 9.17) is 11.6 Å². The number of ketones is 1. The van der Waals surface area contributed by atoms with E-state index in [1.807, 2.05) is 36.0 Å². The van der Waals surface area contributed by atoms with Crippen LogP contribution in [0.2, 0.25) is 5.02 Å². The van der Waals surface area contributed by atoms with Crippen LogP contribution in [-0.4, -0.2) is 22.9 Å². The van der Waals surface area contributed by atoms with Crippen LogP contribution in [0.1, 0.15) is 23.2 Å². The maximum atomic E-state index is 12.2. The predicted octanol–water partition coefficient (Wildman–Crippen LogP) is 2.77.